The molecular formula is C20H21F12O2P. The van der Waals surface area contributed by atoms with Gasteiger partial charge in [-0.3, -0.25) is 0 Å². The van der Waals surface area contributed by atoms with Gasteiger partial charge in [0.25, 0.3) is 0 Å². The van der Waals surface area contributed by atoms with E-state index in [-0.39, 0.29) is 0 Å². The van der Waals surface area contributed by atoms with Crippen LogP contribution in [-0.2, 0) is 9.05 Å². The van der Waals surface area contributed by atoms with E-state index in [4.69, 9.17) is 0 Å². The summed E-state index contributed by atoms with van der Waals surface area (Å²) in [5.41, 5.74) is -13.6. The molecule has 2 nitrogen and oxygen atoms in total. The molecule has 1 aromatic rings. The molecule has 0 aromatic heterocycles. The minimum atomic E-state index is -7.25. The Bertz CT molecular complexity index is 916. The fourth-order valence-corrected chi connectivity index (χ4v) is 14.5. The summed E-state index contributed by atoms with van der Waals surface area (Å²) >= 11 is 0. The maximum atomic E-state index is 14.4. The molecule has 15 heteroatoms. The van der Waals surface area contributed by atoms with Crippen molar-refractivity contribution in [3.63, 3.8) is 0 Å². The molecule has 2 aliphatic heterocycles. The second kappa shape index (κ2) is 6.78. The van der Waals surface area contributed by atoms with Crippen molar-refractivity contribution in [1.82, 2.24) is 0 Å². The molecule has 0 amide bonds. The van der Waals surface area contributed by atoms with E-state index in [2.05, 4.69) is 9.05 Å². The Hall–Kier alpha value is -1.27. The zero-order valence-corrected chi connectivity index (χ0v) is 19.7. The Balaban J connectivity index is 2.74. The molecule has 0 N–H and O–H groups in total. The van der Waals surface area contributed by atoms with Crippen molar-refractivity contribution < 1.29 is 61.7 Å². The Morgan fingerprint density at radius 3 is 1.14 bits per heavy atom. The van der Waals surface area contributed by atoms with Gasteiger partial charge in [-0.2, -0.15) is 0 Å². The molecule has 0 saturated carbocycles. The number of benzene rings is 1. The summed E-state index contributed by atoms with van der Waals surface area (Å²) in [5.74, 6) is -1.02. The molecule has 1 spiro atoms. The summed E-state index contributed by atoms with van der Waals surface area (Å²) < 4.78 is 182. The number of hydrogen-bond donors (Lipinski definition) is 0. The first-order valence-corrected chi connectivity index (χ1v) is 12.1. The number of halogens is 12. The second-order valence-corrected chi connectivity index (χ2v) is 15.0. The average Bonchev–Trinajstić information content (AvgIpc) is 3.03. The fraction of sp³-hybridized carbons (Fsp3) is 0.700. The fourth-order valence-electron chi connectivity index (χ4n) is 6.18. The van der Waals surface area contributed by atoms with Crippen LogP contribution >= 0.6 is 7.06 Å². The maximum absolute atomic E-state index is 14.4. The van der Waals surface area contributed by atoms with Crippen LogP contribution < -0.4 is 5.30 Å². The van der Waals surface area contributed by atoms with Crippen molar-refractivity contribution in [2.75, 3.05) is 0 Å². The van der Waals surface area contributed by atoms with Gasteiger partial charge in [-0.1, -0.05) is 0 Å². The molecule has 35 heavy (non-hydrogen) atoms. The molecule has 202 valence electrons. The Kier molecular flexibility index (Phi) is 5.48. The molecule has 0 atom stereocenters. The molecule has 0 bridgehead atoms. The summed E-state index contributed by atoms with van der Waals surface area (Å²) in [6.45, 7) is 5.15. The van der Waals surface area contributed by atoms with Crippen LogP contribution in [0.3, 0.4) is 0 Å². The number of alkyl halides is 12. The van der Waals surface area contributed by atoms with E-state index < -0.39 is 64.5 Å². The Labute approximate surface area is 192 Å². The Morgan fingerprint density at radius 2 is 0.886 bits per heavy atom. The molecule has 2 aliphatic rings. The van der Waals surface area contributed by atoms with Gasteiger partial charge in [-0.15, -0.1) is 0 Å². The predicted octanol–water partition coefficient (Wildman–Crippen LogP) is 7.68. The van der Waals surface area contributed by atoms with Crippen molar-refractivity contribution in [2.45, 2.75) is 80.8 Å². The van der Waals surface area contributed by atoms with E-state index in [1.807, 2.05) is 0 Å². The van der Waals surface area contributed by atoms with Crippen LogP contribution in [0.25, 0.3) is 0 Å². The third kappa shape index (κ3) is 2.57. The van der Waals surface area contributed by atoms with Gasteiger partial charge in [0.2, 0.25) is 0 Å². The van der Waals surface area contributed by atoms with Gasteiger partial charge in [0.05, 0.1) is 0 Å². The molecule has 0 unspecified atom stereocenters. The van der Waals surface area contributed by atoms with Gasteiger partial charge in [0, 0.05) is 0 Å². The Morgan fingerprint density at radius 1 is 0.600 bits per heavy atom. The minimum absolute atomic E-state index is 0.722. The van der Waals surface area contributed by atoms with Crippen molar-refractivity contribution in [3.05, 3.63) is 30.3 Å². The van der Waals surface area contributed by atoms with E-state index in [0.29, 0.717) is 0 Å². The monoisotopic (exact) mass is 552 g/mol. The first-order chi connectivity index (χ1) is 15.3. The normalized spacial score (nSPS) is 28.2. The summed E-state index contributed by atoms with van der Waals surface area (Å²) in [5, 5.41) is -5.01. The SMILES string of the molecule is CC1C(C)(C)P2(c3ccccc3)(OC(C(F)(F)F)(C(F)(F)F)C(C(F)(F)F)(C(F)(F)F)O2)C1(C)C. The van der Waals surface area contributed by atoms with Gasteiger partial charge >= 0.3 is 191 Å². The average molecular weight is 552 g/mol. The summed E-state index contributed by atoms with van der Waals surface area (Å²) in [6, 6.07) is 5.03. The van der Waals surface area contributed by atoms with Gasteiger partial charge < -0.3 is 0 Å². The summed E-state index contributed by atoms with van der Waals surface area (Å²) in [6.07, 6.45) is -29.0. The third-order valence-electron chi connectivity index (χ3n) is 8.15. The second-order valence-electron chi connectivity index (χ2n) is 9.86. The van der Waals surface area contributed by atoms with Crippen LogP contribution in [0, 0.1) is 5.92 Å². The van der Waals surface area contributed by atoms with Crippen LogP contribution in [0.15, 0.2) is 30.3 Å². The predicted molar refractivity (Wildman–Crippen MR) is 102 cm³/mol. The molecule has 2 saturated heterocycles. The number of rotatable bonds is 1. The standard InChI is InChI=1S/C20H21F12O2P/c1-11-13(2,3)35(14(11,4)5,12-9-7-6-8-10-12)33-15(17(21,22)23,18(24,25)26)16(34-35,19(27,28)29)20(30,31)32/h6-11H,1-5H3. The van der Waals surface area contributed by atoms with Crippen molar-refractivity contribution >= 4 is 12.4 Å². The molecule has 0 radical (unpaired) electrons. The van der Waals surface area contributed by atoms with Crippen LogP contribution in [0.5, 0.6) is 0 Å². The molecule has 2 heterocycles. The van der Waals surface area contributed by atoms with E-state index in [1.165, 1.54) is 13.0 Å². The third-order valence-corrected chi connectivity index (χ3v) is 15.6. The van der Waals surface area contributed by atoms with E-state index in [0.717, 1.165) is 52.0 Å². The van der Waals surface area contributed by atoms with E-state index >= 15 is 0 Å². The first-order valence-electron chi connectivity index (χ1n) is 10.0. The molecule has 2 fully saturated rings. The quantitative estimate of drug-likeness (QED) is 0.263. The molecule has 0 aliphatic carbocycles. The molecular weight excluding hydrogens is 531 g/mol. The van der Waals surface area contributed by atoms with Crippen LogP contribution in [0.4, 0.5) is 52.7 Å². The zero-order chi connectivity index (χ0) is 27.6. The van der Waals surface area contributed by atoms with Crippen molar-refractivity contribution in [2.24, 2.45) is 5.92 Å². The van der Waals surface area contributed by atoms with Crippen LogP contribution in [0.1, 0.15) is 34.6 Å². The van der Waals surface area contributed by atoms with Gasteiger partial charge in [0.15, 0.2) is 0 Å². The van der Waals surface area contributed by atoms with E-state index in [1.54, 1.807) is 0 Å². The summed E-state index contributed by atoms with van der Waals surface area (Å²) in [7, 11) is -6.45. The summed E-state index contributed by atoms with van der Waals surface area (Å²) in [4.78, 5) is 0. The first kappa shape index (κ1) is 28.3. The zero-order valence-electron chi connectivity index (χ0n) is 18.8. The topological polar surface area (TPSA) is 18.5 Å². The van der Waals surface area contributed by atoms with Crippen LogP contribution in [-0.4, -0.2) is 46.2 Å². The van der Waals surface area contributed by atoms with Crippen LogP contribution in [0.2, 0.25) is 0 Å². The molecule has 1 aromatic carbocycles. The van der Waals surface area contributed by atoms with Gasteiger partial charge in [-0.05, 0) is 0 Å². The van der Waals surface area contributed by atoms with E-state index in [9.17, 15) is 52.7 Å². The number of hydrogen-bond acceptors (Lipinski definition) is 2. The van der Waals surface area contributed by atoms with Gasteiger partial charge in [0.1, 0.15) is 0 Å². The van der Waals surface area contributed by atoms with Crippen molar-refractivity contribution in [3.8, 4) is 0 Å². The van der Waals surface area contributed by atoms with Gasteiger partial charge in [-0.25, -0.2) is 0 Å². The van der Waals surface area contributed by atoms with Crippen molar-refractivity contribution in [1.29, 1.82) is 0 Å². The molecule has 3 rings (SSSR count).